The van der Waals surface area contributed by atoms with Gasteiger partial charge >= 0.3 is 5.97 Å². The minimum absolute atomic E-state index is 0.0744. The maximum Gasteiger partial charge on any atom is 0.335 e. The average Bonchev–Trinajstić information content (AvgIpc) is 2.26. The van der Waals surface area contributed by atoms with Gasteiger partial charge in [-0.1, -0.05) is 18.5 Å². The summed E-state index contributed by atoms with van der Waals surface area (Å²) in [5.41, 5.74) is 5.15. The first-order valence-corrected chi connectivity index (χ1v) is 5.24. The lowest BCUT2D eigenvalue weighted by molar-refractivity contribution is -0.122. The van der Waals surface area contributed by atoms with Crippen LogP contribution in [0.4, 0.5) is 0 Å². The van der Waals surface area contributed by atoms with Crippen molar-refractivity contribution in [3.05, 3.63) is 28.8 Å². The van der Waals surface area contributed by atoms with Crippen LogP contribution in [0.25, 0.3) is 0 Å². The van der Waals surface area contributed by atoms with E-state index in [4.69, 9.17) is 27.2 Å². The number of hydrogen-bond donors (Lipinski definition) is 2. The lowest BCUT2D eigenvalue weighted by atomic mass is 10.2. The zero-order valence-electron chi connectivity index (χ0n) is 9.14. The van der Waals surface area contributed by atoms with Gasteiger partial charge in [0.05, 0.1) is 23.1 Å². The molecular weight excluding hydrogens is 246 g/mol. The molecule has 0 aliphatic rings. The molecule has 0 heterocycles. The molecule has 6 heteroatoms. The highest BCUT2D eigenvalue weighted by Gasteiger charge is 2.12. The minimum atomic E-state index is -1.07. The van der Waals surface area contributed by atoms with E-state index in [1.54, 1.807) is 6.92 Å². The van der Waals surface area contributed by atoms with Gasteiger partial charge in [-0.3, -0.25) is 4.79 Å². The number of rotatable bonds is 5. The van der Waals surface area contributed by atoms with Crippen molar-refractivity contribution in [3.8, 4) is 5.75 Å². The molecule has 1 amide bonds. The minimum Gasteiger partial charge on any atom is -0.491 e. The molecule has 0 saturated carbocycles. The molecule has 0 aromatic heterocycles. The molecule has 1 rings (SSSR count). The van der Waals surface area contributed by atoms with Gasteiger partial charge in [0.2, 0.25) is 5.91 Å². The summed E-state index contributed by atoms with van der Waals surface area (Å²) in [4.78, 5) is 21.4. The number of ether oxygens (including phenoxy) is 1. The summed E-state index contributed by atoms with van der Waals surface area (Å²) in [6, 6.07) is 4.10. The molecule has 1 aromatic carbocycles. The molecule has 3 N–H and O–H groups in total. The Balaban J connectivity index is 2.73. The monoisotopic (exact) mass is 257 g/mol. The van der Waals surface area contributed by atoms with Gasteiger partial charge in [0.1, 0.15) is 5.75 Å². The van der Waals surface area contributed by atoms with E-state index in [-0.39, 0.29) is 17.2 Å². The van der Waals surface area contributed by atoms with Crippen LogP contribution in [0.5, 0.6) is 5.75 Å². The fourth-order valence-electron chi connectivity index (χ4n) is 1.05. The van der Waals surface area contributed by atoms with Crippen molar-refractivity contribution in [1.82, 2.24) is 0 Å². The maximum atomic E-state index is 10.8. The number of benzene rings is 1. The van der Waals surface area contributed by atoms with Gasteiger partial charge in [0, 0.05) is 0 Å². The number of amides is 1. The van der Waals surface area contributed by atoms with Crippen LogP contribution in [0.1, 0.15) is 17.3 Å². The van der Waals surface area contributed by atoms with E-state index in [2.05, 4.69) is 0 Å². The smallest absolute Gasteiger partial charge is 0.335 e. The van der Waals surface area contributed by atoms with E-state index in [0.717, 1.165) is 0 Å². The van der Waals surface area contributed by atoms with Gasteiger partial charge in [-0.2, -0.15) is 0 Å². The highest BCUT2D eigenvalue weighted by Crippen LogP contribution is 2.25. The van der Waals surface area contributed by atoms with Crippen LogP contribution in [0, 0.1) is 5.92 Å². The van der Waals surface area contributed by atoms with Crippen molar-refractivity contribution < 1.29 is 19.4 Å². The first kappa shape index (κ1) is 13.3. The topological polar surface area (TPSA) is 89.6 Å². The number of carbonyl (C=O) groups is 2. The standard InChI is InChI=1S/C11H12ClNO4/c1-6(10(13)14)5-17-9-3-2-7(11(15)16)4-8(9)12/h2-4,6H,5H2,1H3,(H2,13,14)(H,15,16). The molecule has 1 unspecified atom stereocenters. The van der Waals surface area contributed by atoms with Crippen LogP contribution in [-0.4, -0.2) is 23.6 Å². The molecule has 0 radical (unpaired) electrons. The van der Waals surface area contributed by atoms with Gasteiger partial charge < -0.3 is 15.6 Å². The molecule has 1 aromatic rings. The third-order valence-corrected chi connectivity index (χ3v) is 2.45. The number of primary amides is 1. The van der Waals surface area contributed by atoms with E-state index < -0.39 is 17.8 Å². The van der Waals surface area contributed by atoms with Gasteiger partial charge in [0.25, 0.3) is 0 Å². The average molecular weight is 258 g/mol. The summed E-state index contributed by atoms with van der Waals surface area (Å²) < 4.78 is 5.27. The van der Waals surface area contributed by atoms with Crippen molar-refractivity contribution in [2.24, 2.45) is 11.7 Å². The van der Waals surface area contributed by atoms with E-state index in [0.29, 0.717) is 5.75 Å². The van der Waals surface area contributed by atoms with Crippen molar-refractivity contribution in [2.45, 2.75) is 6.92 Å². The van der Waals surface area contributed by atoms with E-state index in [1.807, 2.05) is 0 Å². The van der Waals surface area contributed by atoms with E-state index in [9.17, 15) is 9.59 Å². The van der Waals surface area contributed by atoms with E-state index >= 15 is 0 Å². The van der Waals surface area contributed by atoms with Crippen LogP contribution in [0.3, 0.4) is 0 Å². The van der Waals surface area contributed by atoms with Crippen molar-refractivity contribution >= 4 is 23.5 Å². The first-order chi connectivity index (χ1) is 7.91. The SMILES string of the molecule is CC(COc1ccc(C(=O)O)cc1Cl)C(N)=O. The Bertz CT molecular complexity index is 447. The number of aromatic carboxylic acids is 1. The van der Waals surface area contributed by atoms with Crippen LogP contribution in [-0.2, 0) is 4.79 Å². The van der Waals surface area contributed by atoms with Crippen molar-refractivity contribution in [3.63, 3.8) is 0 Å². The number of hydrogen-bond acceptors (Lipinski definition) is 3. The number of carboxylic acids is 1. The van der Waals surface area contributed by atoms with Gasteiger partial charge in [-0.25, -0.2) is 4.79 Å². The Morgan fingerprint density at radius 2 is 2.18 bits per heavy atom. The fourth-order valence-corrected chi connectivity index (χ4v) is 1.28. The van der Waals surface area contributed by atoms with Crippen molar-refractivity contribution in [1.29, 1.82) is 0 Å². The predicted octanol–water partition coefficient (Wildman–Crippen LogP) is 1.54. The molecule has 0 aliphatic heterocycles. The fraction of sp³-hybridized carbons (Fsp3) is 0.273. The summed E-state index contributed by atoms with van der Waals surface area (Å²) >= 11 is 5.83. The lowest BCUT2D eigenvalue weighted by Gasteiger charge is -2.11. The number of carbonyl (C=O) groups excluding carboxylic acids is 1. The molecular formula is C11H12ClNO4. The Hall–Kier alpha value is -1.75. The third-order valence-electron chi connectivity index (χ3n) is 2.15. The summed E-state index contributed by atoms with van der Waals surface area (Å²) in [7, 11) is 0. The summed E-state index contributed by atoms with van der Waals surface area (Å²) in [5, 5.41) is 8.91. The molecule has 0 fully saturated rings. The van der Waals surface area contributed by atoms with E-state index in [1.165, 1.54) is 18.2 Å². The molecule has 0 saturated heterocycles. The zero-order valence-corrected chi connectivity index (χ0v) is 9.90. The van der Waals surface area contributed by atoms with Gasteiger partial charge in [-0.05, 0) is 18.2 Å². The second-order valence-corrected chi connectivity index (χ2v) is 3.97. The largest absolute Gasteiger partial charge is 0.491 e. The molecule has 0 bridgehead atoms. The van der Waals surface area contributed by atoms with Crippen LogP contribution in [0.2, 0.25) is 5.02 Å². The lowest BCUT2D eigenvalue weighted by Crippen LogP contribution is -2.25. The number of halogens is 1. The quantitative estimate of drug-likeness (QED) is 0.837. The predicted molar refractivity (Wildman–Crippen MR) is 62.3 cm³/mol. The normalized spacial score (nSPS) is 11.9. The van der Waals surface area contributed by atoms with Crippen LogP contribution in [0.15, 0.2) is 18.2 Å². The second-order valence-electron chi connectivity index (χ2n) is 3.56. The number of nitrogens with two attached hydrogens (primary N) is 1. The Morgan fingerprint density at radius 3 is 2.65 bits per heavy atom. The Labute approximate surface area is 103 Å². The molecule has 0 aliphatic carbocycles. The highest BCUT2D eigenvalue weighted by molar-refractivity contribution is 6.32. The third kappa shape index (κ3) is 3.64. The van der Waals surface area contributed by atoms with Gasteiger partial charge in [0.15, 0.2) is 0 Å². The van der Waals surface area contributed by atoms with Gasteiger partial charge in [-0.15, -0.1) is 0 Å². The first-order valence-electron chi connectivity index (χ1n) is 4.86. The number of carboxylic acid groups (broad SMARTS) is 1. The van der Waals surface area contributed by atoms with Crippen LogP contribution < -0.4 is 10.5 Å². The zero-order chi connectivity index (χ0) is 13.0. The molecule has 1 atom stereocenters. The molecule has 5 nitrogen and oxygen atoms in total. The second kappa shape index (κ2) is 5.54. The summed E-state index contributed by atoms with van der Waals surface area (Å²) in [6.07, 6.45) is 0. The van der Waals surface area contributed by atoms with Crippen molar-refractivity contribution in [2.75, 3.05) is 6.61 Å². The maximum absolute atomic E-state index is 10.8. The molecule has 92 valence electrons. The Kier molecular flexibility index (Phi) is 4.34. The van der Waals surface area contributed by atoms with Crippen LogP contribution >= 0.6 is 11.6 Å². The summed E-state index contributed by atoms with van der Waals surface area (Å²) in [6.45, 7) is 1.73. The summed E-state index contributed by atoms with van der Waals surface area (Å²) in [5.74, 6) is -1.65. The highest BCUT2D eigenvalue weighted by atomic mass is 35.5. The Morgan fingerprint density at radius 1 is 1.53 bits per heavy atom. The molecule has 0 spiro atoms. The molecule has 17 heavy (non-hydrogen) atoms.